The molecule has 0 fully saturated rings. The zero-order valence-corrected chi connectivity index (χ0v) is 14.3. The summed E-state index contributed by atoms with van der Waals surface area (Å²) in [6.45, 7) is 0.256. The van der Waals surface area contributed by atoms with Gasteiger partial charge in [0.2, 0.25) is 7.37 Å². The van der Waals surface area contributed by atoms with Gasteiger partial charge in [0.1, 0.15) is 5.75 Å². The molecule has 0 saturated carbocycles. The molecule has 136 valence electrons. The van der Waals surface area contributed by atoms with E-state index < -0.39 is 27.2 Å². The Kier molecular flexibility index (Phi) is 9.92. The first-order valence-electron chi connectivity index (χ1n) is 6.53. The van der Waals surface area contributed by atoms with Gasteiger partial charge in [0.25, 0.3) is 0 Å². The van der Waals surface area contributed by atoms with Gasteiger partial charge >= 0.3 is 13.7 Å². The number of carbonyl (C=O) groups excluding carboxylic acids is 2. The monoisotopic (exact) mass is 383 g/mol. The summed E-state index contributed by atoms with van der Waals surface area (Å²) in [6, 6.07) is 5.45. The van der Waals surface area contributed by atoms with E-state index in [1.54, 1.807) is 0 Å². The molecule has 0 heterocycles. The van der Waals surface area contributed by atoms with Crippen LogP contribution in [0.4, 0.5) is 0 Å². The molecule has 1 aromatic rings. The van der Waals surface area contributed by atoms with E-state index in [4.69, 9.17) is 29.8 Å². The largest absolute Gasteiger partial charge is 0.481 e. The second-order valence-corrected chi connectivity index (χ2v) is 8.62. The number of aliphatic hydroxyl groups is 1. The lowest BCUT2D eigenvalue weighted by Crippen LogP contribution is -2.07. The van der Waals surface area contributed by atoms with E-state index in [0.717, 1.165) is 0 Å². The van der Waals surface area contributed by atoms with E-state index >= 15 is 0 Å². The number of hydrogen-bond acceptors (Lipinski definition) is 7. The number of aliphatic hydroxyl groups excluding tert-OH is 1. The van der Waals surface area contributed by atoms with Crippen LogP contribution in [-0.2, 0) is 18.7 Å². The predicted octanol–water partition coefficient (Wildman–Crippen LogP) is 0.227. The quantitative estimate of drug-likeness (QED) is 0.389. The van der Waals surface area contributed by atoms with Crippen molar-refractivity contribution in [2.75, 3.05) is 19.1 Å². The predicted molar refractivity (Wildman–Crippen MR) is 82.3 cm³/mol. The molecule has 1 rings (SSSR count). The number of nitrogens with two attached hydrogens (primary N) is 1. The van der Waals surface area contributed by atoms with E-state index in [1.165, 1.54) is 24.3 Å². The Labute approximate surface area is 137 Å². The molecule has 1 aromatic carbocycles. The van der Waals surface area contributed by atoms with Crippen molar-refractivity contribution in [1.82, 2.24) is 0 Å². The van der Waals surface area contributed by atoms with Gasteiger partial charge in [-0.2, -0.15) is 9.59 Å². The van der Waals surface area contributed by atoms with Crippen LogP contribution in [-0.4, -0.2) is 45.0 Å². The van der Waals surface area contributed by atoms with Crippen molar-refractivity contribution >= 4 is 21.1 Å². The third-order valence-corrected chi connectivity index (χ3v) is 5.13. The Hall–Kier alpha value is -1.34. The fourth-order valence-corrected chi connectivity index (χ4v) is 3.40. The van der Waals surface area contributed by atoms with Crippen LogP contribution in [0.15, 0.2) is 24.3 Å². The maximum Gasteiger partial charge on any atom is 0.373 e. The summed E-state index contributed by atoms with van der Waals surface area (Å²) in [6.07, 6.45) is -0.265. The number of hydrogen-bond donors (Lipinski definition) is 5. The highest BCUT2D eigenvalue weighted by atomic mass is 31.2. The molecule has 0 saturated heterocycles. The molecule has 0 spiro atoms. The van der Waals surface area contributed by atoms with E-state index in [-0.39, 0.29) is 30.2 Å². The summed E-state index contributed by atoms with van der Waals surface area (Å²) in [5.41, 5.74) is 5.49. The summed E-state index contributed by atoms with van der Waals surface area (Å²) < 4.78 is 27.5. The third kappa shape index (κ3) is 9.08. The Morgan fingerprint density at radius 2 is 1.62 bits per heavy atom. The molecule has 6 N–H and O–H groups in total. The third-order valence-electron chi connectivity index (χ3n) is 2.64. The second kappa shape index (κ2) is 10.5. The van der Waals surface area contributed by atoms with Gasteiger partial charge < -0.3 is 30.3 Å². The Bertz CT molecular complexity index is 622. The zero-order valence-electron chi connectivity index (χ0n) is 12.5. The summed E-state index contributed by atoms with van der Waals surface area (Å²) in [4.78, 5) is 43.4. The molecule has 10 nitrogen and oxygen atoms in total. The molecule has 0 aliphatic heterocycles. The summed E-state index contributed by atoms with van der Waals surface area (Å²) >= 11 is 0. The highest BCUT2D eigenvalue weighted by Crippen LogP contribution is 2.54. The Balaban J connectivity index is 0.00000163. The fraction of sp³-hybridized carbons (Fsp3) is 0.417. The topological polar surface area (TPSA) is 184 Å². The van der Waals surface area contributed by atoms with E-state index in [0.29, 0.717) is 6.42 Å². The van der Waals surface area contributed by atoms with Crippen molar-refractivity contribution < 1.29 is 43.2 Å². The second-order valence-electron chi connectivity index (χ2n) is 4.59. The molecule has 0 bridgehead atoms. The van der Waals surface area contributed by atoms with Crippen LogP contribution >= 0.6 is 15.0 Å². The summed E-state index contributed by atoms with van der Waals surface area (Å²) in [7, 11) is -8.04. The van der Waals surface area contributed by atoms with Gasteiger partial charge in [-0.1, -0.05) is 12.1 Å². The first kappa shape index (κ1) is 22.7. The van der Waals surface area contributed by atoms with Crippen LogP contribution in [0.2, 0.25) is 0 Å². The summed E-state index contributed by atoms with van der Waals surface area (Å²) in [5.74, 6) is -1.34. The minimum absolute atomic E-state index is 0.0822. The molecule has 0 aliphatic carbocycles. The molecule has 0 aromatic heterocycles. The van der Waals surface area contributed by atoms with Crippen LogP contribution in [0.5, 0.6) is 5.75 Å². The number of ether oxygens (including phenoxy) is 1. The Morgan fingerprint density at radius 3 is 2.04 bits per heavy atom. The van der Waals surface area contributed by atoms with Crippen LogP contribution in [0.25, 0.3) is 0 Å². The van der Waals surface area contributed by atoms with Crippen molar-refractivity contribution in [3.05, 3.63) is 29.8 Å². The van der Waals surface area contributed by atoms with Crippen molar-refractivity contribution in [2.24, 2.45) is 5.73 Å². The van der Waals surface area contributed by atoms with Gasteiger partial charge in [0, 0.05) is 6.16 Å². The maximum absolute atomic E-state index is 11.9. The van der Waals surface area contributed by atoms with Gasteiger partial charge in [-0.25, -0.2) is 0 Å². The first-order valence-corrected chi connectivity index (χ1v) is 10.2. The Morgan fingerprint density at radius 1 is 1.12 bits per heavy atom. The van der Waals surface area contributed by atoms with Crippen molar-refractivity contribution in [3.63, 3.8) is 0 Å². The lowest BCUT2D eigenvalue weighted by molar-refractivity contribution is -0.191. The van der Waals surface area contributed by atoms with Gasteiger partial charge in [-0.05, 0) is 30.7 Å². The molecule has 0 radical (unpaired) electrons. The molecular formula is C12H19NO9P2. The SMILES string of the molecule is NCCCP(=O)(O)C(O)c1ccc(OCP(=O)(O)O)cc1.O=C=O. The van der Waals surface area contributed by atoms with Crippen LogP contribution < -0.4 is 10.5 Å². The number of rotatable bonds is 8. The van der Waals surface area contributed by atoms with E-state index in [1.807, 2.05) is 0 Å². The minimum atomic E-state index is -4.27. The van der Waals surface area contributed by atoms with Crippen molar-refractivity contribution in [1.29, 1.82) is 0 Å². The first-order chi connectivity index (χ1) is 11.1. The smallest absolute Gasteiger partial charge is 0.373 e. The highest BCUT2D eigenvalue weighted by Gasteiger charge is 2.29. The van der Waals surface area contributed by atoms with Crippen LogP contribution in [0, 0.1) is 0 Å². The van der Waals surface area contributed by atoms with Crippen LogP contribution in [0.3, 0.4) is 0 Å². The molecule has 0 aliphatic rings. The lowest BCUT2D eigenvalue weighted by atomic mass is 10.2. The van der Waals surface area contributed by atoms with E-state index in [9.17, 15) is 19.1 Å². The van der Waals surface area contributed by atoms with Gasteiger partial charge in [-0.15, -0.1) is 0 Å². The molecule has 12 heteroatoms. The van der Waals surface area contributed by atoms with Crippen molar-refractivity contribution in [3.8, 4) is 5.75 Å². The average Bonchev–Trinajstić information content (AvgIpc) is 2.51. The average molecular weight is 383 g/mol. The van der Waals surface area contributed by atoms with Gasteiger partial charge in [-0.3, -0.25) is 9.13 Å². The minimum Gasteiger partial charge on any atom is -0.481 e. The van der Waals surface area contributed by atoms with E-state index in [2.05, 4.69) is 0 Å². The van der Waals surface area contributed by atoms with Crippen LogP contribution in [0.1, 0.15) is 17.8 Å². The van der Waals surface area contributed by atoms with Gasteiger partial charge in [0.15, 0.2) is 12.2 Å². The molecule has 0 amide bonds. The van der Waals surface area contributed by atoms with Gasteiger partial charge in [0.05, 0.1) is 0 Å². The number of benzene rings is 1. The highest BCUT2D eigenvalue weighted by molar-refractivity contribution is 7.58. The maximum atomic E-state index is 11.9. The normalized spacial score (nSPS) is 14.5. The standard InChI is InChI=1S/C11H19NO7P2.CO2/c12-6-1-7-20(14,15)11(13)9-2-4-10(5-3-9)19-8-21(16,17)18;2-1-3/h2-5,11,13H,1,6-8,12H2,(H,14,15)(H2,16,17,18);. The molecule has 24 heavy (non-hydrogen) atoms. The fourth-order valence-electron chi connectivity index (χ4n) is 1.57. The molecule has 2 atom stereocenters. The molecular weight excluding hydrogens is 364 g/mol. The van der Waals surface area contributed by atoms with Crippen molar-refractivity contribution in [2.45, 2.75) is 12.3 Å². The molecule has 2 unspecified atom stereocenters. The summed E-state index contributed by atoms with van der Waals surface area (Å²) in [5, 5.41) is 9.91. The lowest BCUT2D eigenvalue weighted by Gasteiger charge is -2.18. The zero-order chi connectivity index (χ0) is 18.8.